The van der Waals surface area contributed by atoms with Crippen LogP contribution in [-0.2, 0) is 4.79 Å². The van der Waals surface area contributed by atoms with Crippen molar-refractivity contribution in [2.24, 2.45) is 5.73 Å². The van der Waals surface area contributed by atoms with Crippen molar-refractivity contribution in [3.63, 3.8) is 0 Å². The monoisotopic (exact) mass is 365 g/mol. The predicted octanol–water partition coefficient (Wildman–Crippen LogP) is 2.39. The third-order valence-corrected chi connectivity index (χ3v) is 4.41. The van der Waals surface area contributed by atoms with Gasteiger partial charge < -0.3 is 15.2 Å². The summed E-state index contributed by atoms with van der Waals surface area (Å²) in [7, 11) is 0. The molecular weight excluding hydrogens is 342 g/mol. The van der Waals surface area contributed by atoms with Gasteiger partial charge in [0.1, 0.15) is 5.69 Å². The topological polar surface area (TPSA) is 98.1 Å². The molecule has 0 aliphatic carbocycles. The van der Waals surface area contributed by atoms with E-state index in [9.17, 15) is 4.79 Å². The summed E-state index contributed by atoms with van der Waals surface area (Å²) in [4.78, 5) is 22.8. The van der Waals surface area contributed by atoms with Gasteiger partial charge in [-0.05, 0) is 31.4 Å². The molecular formula is C17H24ClN5O2. The van der Waals surface area contributed by atoms with Gasteiger partial charge in [0.05, 0.1) is 6.04 Å². The Morgan fingerprint density at radius 3 is 2.80 bits per heavy atom. The first-order valence-electron chi connectivity index (χ1n) is 8.48. The number of rotatable bonds is 5. The van der Waals surface area contributed by atoms with Crippen molar-refractivity contribution in [2.75, 3.05) is 13.1 Å². The van der Waals surface area contributed by atoms with Gasteiger partial charge >= 0.3 is 0 Å². The van der Waals surface area contributed by atoms with E-state index in [-0.39, 0.29) is 30.3 Å². The van der Waals surface area contributed by atoms with E-state index in [1.807, 2.05) is 30.0 Å². The molecule has 2 aromatic rings. The highest BCUT2D eigenvalue weighted by Crippen LogP contribution is 2.28. The normalized spacial score (nSPS) is 16.3. The first-order chi connectivity index (χ1) is 11.7. The molecule has 8 heteroatoms. The molecule has 2 aromatic heterocycles. The molecule has 3 heterocycles. The van der Waals surface area contributed by atoms with E-state index < -0.39 is 0 Å². The van der Waals surface area contributed by atoms with Crippen molar-refractivity contribution in [1.82, 2.24) is 20.0 Å². The molecule has 1 unspecified atom stereocenters. The third kappa shape index (κ3) is 4.55. The van der Waals surface area contributed by atoms with Crippen LogP contribution in [0.4, 0.5) is 0 Å². The fourth-order valence-corrected chi connectivity index (χ4v) is 3.02. The van der Waals surface area contributed by atoms with Crippen molar-refractivity contribution in [3.05, 3.63) is 30.3 Å². The van der Waals surface area contributed by atoms with E-state index >= 15 is 0 Å². The summed E-state index contributed by atoms with van der Waals surface area (Å²) in [6, 6.07) is 5.21. The molecule has 0 spiro atoms. The highest BCUT2D eigenvalue weighted by atomic mass is 35.5. The number of nitrogens with two attached hydrogens (primary N) is 1. The summed E-state index contributed by atoms with van der Waals surface area (Å²) in [6.45, 7) is 3.40. The van der Waals surface area contributed by atoms with Gasteiger partial charge in [-0.3, -0.25) is 9.78 Å². The Morgan fingerprint density at radius 1 is 1.40 bits per heavy atom. The van der Waals surface area contributed by atoms with Crippen LogP contribution in [0.2, 0.25) is 0 Å². The zero-order valence-corrected chi connectivity index (χ0v) is 15.1. The van der Waals surface area contributed by atoms with Gasteiger partial charge in [-0.25, -0.2) is 0 Å². The molecule has 136 valence electrons. The van der Waals surface area contributed by atoms with Crippen LogP contribution in [0.1, 0.15) is 44.4 Å². The maximum absolute atomic E-state index is 12.3. The minimum atomic E-state index is -0.384. The predicted molar refractivity (Wildman–Crippen MR) is 96.2 cm³/mol. The third-order valence-electron chi connectivity index (χ3n) is 4.41. The minimum Gasteiger partial charge on any atom is -0.341 e. The number of carbonyl (C=O) groups is 1. The average Bonchev–Trinajstić information content (AvgIpc) is 3.12. The first kappa shape index (κ1) is 19.3. The van der Waals surface area contributed by atoms with Gasteiger partial charge in [-0.15, -0.1) is 12.4 Å². The number of aromatic nitrogens is 3. The van der Waals surface area contributed by atoms with Crippen LogP contribution in [0, 0.1) is 0 Å². The van der Waals surface area contributed by atoms with Crippen molar-refractivity contribution in [1.29, 1.82) is 0 Å². The second-order valence-corrected chi connectivity index (χ2v) is 6.17. The Kier molecular flexibility index (Phi) is 6.90. The molecule has 3 rings (SSSR count). The zero-order valence-electron chi connectivity index (χ0n) is 14.3. The van der Waals surface area contributed by atoms with E-state index in [1.165, 1.54) is 0 Å². The molecule has 25 heavy (non-hydrogen) atoms. The zero-order chi connectivity index (χ0) is 16.9. The van der Waals surface area contributed by atoms with Crippen LogP contribution in [0.5, 0.6) is 0 Å². The van der Waals surface area contributed by atoms with E-state index in [2.05, 4.69) is 15.1 Å². The van der Waals surface area contributed by atoms with Crippen LogP contribution in [0.15, 0.2) is 28.9 Å². The Labute approximate surface area is 153 Å². The molecule has 2 N–H and O–H groups in total. The van der Waals surface area contributed by atoms with Crippen LogP contribution in [0.3, 0.4) is 0 Å². The molecule has 0 radical (unpaired) electrons. The number of hydrogen-bond acceptors (Lipinski definition) is 6. The molecule has 0 saturated carbocycles. The maximum Gasteiger partial charge on any atom is 0.239 e. The lowest BCUT2D eigenvalue weighted by molar-refractivity contribution is -0.133. The number of likely N-dealkylation sites (tertiary alicyclic amines) is 1. The van der Waals surface area contributed by atoms with Crippen molar-refractivity contribution >= 4 is 18.3 Å². The number of carbonyl (C=O) groups excluding carboxylic acids is 1. The van der Waals surface area contributed by atoms with Gasteiger partial charge in [-0.2, -0.15) is 4.98 Å². The lowest BCUT2D eigenvalue weighted by atomic mass is 9.96. The number of halogens is 1. The minimum absolute atomic E-state index is 0. The van der Waals surface area contributed by atoms with Crippen LogP contribution >= 0.6 is 12.4 Å². The first-order valence-corrected chi connectivity index (χ1v) is 8.48. The Hall–Kier alpha value is -1.99. The number of amides is 1. The lowest BCUT2D eigenvalue weighted by Crippen LogP contribution is -2.46. The second kappa shape index (κ2) is 8.92. The van der Waals surface area contributed by atoms with Gasteiger partial charge in [-0.1, -0.05) is 24.6 Å². The molecule has 1 atom stereocenters. The van der Waals surface area contributed by atoms with Gasteiger partial charge in [0, 0.05) is 25.2 Å². The molecule has 1 amide bonds. The average molecular weight is 366 g/mol. The summed E-state index contributed by atoms with van der Waals surface area (Å²) in [5, 5.41) is 4.02. The molecule has 1 saturated heterocycles. The summed E-state index contributed by atoms with van der Waals surface area (Å²) >= 11 is 0. The Balaban J connectivity index is 0.00000225. The summed E-state index contributed by atoms with van der Waals surface area (Å²) in [6.07, 6.45) is 4.98. The number of piperidine rings is 1. The largest absolute Gasteiger partial charge is 0.341 e. The smallest absolute Gasteiger partial charge is 0.239 e. The highest BCUT2D eigenvalue weighted by molar-refractivity contribution is 5.85. The van der Waals surface area contributed by atoms with E-state index in [0.29, 0.717) is 30.5 Å². The van der Waals surface area contributed by atoms with Crippen molar-refractivity contribution < 1.29 is 9.32 Å². The van der Waals surface area contributed by atoms with Gasteiger partial charge in [0.15, 0.2) is 0 Å². The Bertz CT molecular complexity index is 671. The number of hydrogen-bond donors (Lipinski definition) is 1. The maximum atomic E-state index is 12.3. The molecule has 1 aliphatic rings. The number of pyridine rings is 1. The molecule has 1 aliphatic heterocycles. The summed E-state index contributed by atoms with van der Waals surface area (Å²) in [5.41, 5.74) is 6.63. The highest BCUT2D eigenvalue weighted by Gasteiger charge is 2.29. The van der Waals surface area contributed by atoms with E-state index in [4.69, 9.17) is 10.3 Å². The summed E-state index contributed by atoms with van der Waals surface area (Å²) in [5.74, 6) is 1.37. The fraction of sp³-hybridized carbons (Fsp3) is 0.529. The second-order valence-electron chi connectivity index (χ2n) is 6.17. The van der Waals surface area contributed by atoms with E-state index in [1.54, 1.807) is 6.20 Å². The number of nitrogens with zero attached hydrogens (tertiary/aromatic N) is 4. The molecule has 0 aromatic carbocycles. The molecule has 7 nitrogen and oxygen atoms in total. The van der Waals surface area contributed by atoms with E-state index in [0.717, 1.165) is 25.7 Å². The van der Waals surface area contributed by atoms with Crippen molar-refractivity contribution in [3.8, 4) is 11.5 Å². The molecule has 1 fully saturated rings. The fourth-order valence-electron chi connectivity index (χ4n) is 3.02. The quantitative estimate of drug-likeness (QED) is 0.873. The van der Waals surface area contributed by atoms with Gasteiger partial charge in [0.25, 0.3) is 0 Å². The van der Waals surface area contributed by atoms with Gasteiger partial charge in [0.2, 0.25) is 17.6 Å². The van der Waals surface area contributed by atoms with Crippen LogP contribution in [-0.4, -0.2) is 45.1 Å². The van der Waals surface area contributed by atoms with Crippen molar-refractivity contribution in [2.45, 2.75) is 44.6 Å². The standard InChI is InChI=1S/C17H23N5O2.ClH/c1-2-5-13(18)17(23)22-10-7-12(8-11-22)16-20-15(21-24-16)14-6-3-4-9-19-14;/h3-4,6,9,12-13H,2,5,7-8,10-11,18H2,1H3;1H. The molecule has 0 bridgehead atoms. The lowest BCUT2D eigenvalue weighted by Gasteiger charge is -2.32. The summed E-state index contributed by atoms with van der Waals surface area (Å²) < 4.78 is 5.41. The Morgan fingerprint density at radius 2 is 2.16 bits per heavy atom. The SMILES string of the molecule is CCCC(N)C(=O)N1CCC(c2nc(-c3ccccn3)no2)CC1.Cl. The van der Waals surface area contributed by atoms with Crippen LogP contribution < -0.4 is 5.73 Å². The van der Waals surface area contributed by atoms with Crippen LogP contribution in [0.25, 0.3) is 11.5 Å².